The lowest BCUT2D eigenvalue weighted by Crippen LogP contribution is -2.12. The smallest absolute Gasteiger partial charge is 0.142 e. The molecule has 0 spiro atoms. The largest absolute Gasteiger partial charge is 0.382 e. The molecule has 3 nitrogen and oxygen atoms in total. The fourth-order valence-electron chi connectivity index (χ4n) is 2.30. The third kappa shape index (κ3) is 2.82. The van der Waals surface area contributed by atoms with Crippen molar-refractivity contribution in [3.63, 3.8) is 0 Å². The van der Waals surface area contributed by atoms with Crippen LogP contribution < -0.4 is 5.73 Å². The summed E-state index contributed by atoms with van der Waals surface area (Å²) in [6.45, 7) is 0. The Kier molecular flexibility index (Phi) is 3.93. The Hall–Kier alpha value is -0.900. The van der Waals surface area contributed by atoms with Crippen LogP contribution in [-0.2, 0) is 0 Å². The van der Waals surface area contributed by atoms with Gasteiger partial charge in [0.15, 0.2) is 0 Å². The Bertz CT molecular complexity index is 351. The summed E-state index contributed by atoms with van der Waals surface area (Å²) < 4.78 is 0. The van der Waals surface area contributed by atoms with E-state index in [2.05, 4.69) is 4.98 Å². The molecule has 0 amide bonds. The van der Waals surface area contributed by atoms with Gasteiger partial charge in [0.2, 0.25) is 0 Å². The highest BCUT2D eigenvalue weighted by Gasteiger charge is 2.17. The molecule has 0 bridgehead atoms. The zero-order chi connectivity index (χ0) is 11.4. The first-order valence-corrected chi connectivity index (χ1v) is 6.95. The monoisotopic (exact) mass is 237 g/mol. The fourth-order valence-corrected chi connectivity index (χ4v) is 3.29. The van der Waals surface area contributed by atoms with Crippen molar-refractivity contribution in [1.29, 1.82) is 5.41 Å². The highest BCUT2D eigenvalue weighted by Crippen LogP contribution is 2.32. The fraction of sp³-hybridized carbons (Fsp3) is 0.667. The van der Waals surface area contributed by atoms with E-state index in [1.165, 1.54) is 50.0 Å². The Balaban J connectivity index is 2.05. The van der Waals surface area contributed by atoms with Crippen molar-refractivity contribution in [3.05, 3.63) is 16.1 Å². The second kappa shape index (κ2) is 5.43. The number of amidine groups is 1. The number of nitrogens with zero attached hydrogens (tertiary/aromatic N) is 1. The minimum absolute atomic E-state index is 0.0911. The normalized spacial score (nSPS) is 19.0. The molecule has 0 radical (unpaired) electrons. The number of rotatable bonds is 2. The molecule has 3 N–H and O–H groups in total. The van der Waals surface area contributed by atoms with Crippen LogP contribution in [0, 0.1) is 5.41 Å². The van der Waals surface area contributed by atoms with Gasteiger partial charge >= 0.3 is 0 Å². The van der Waals surface area contributed by atoms with Crippen LogP contribution in [0.2, 0.25) is 0 Å². The van der Waals surface area contributed by atoms with Gasteiger partial charge in [0, 0.05) is 11.3 Å². The van der Waals surface area contributed by atoms with Crippen LogP contribution >= 0.6 is 11.3 Å². The van der Waals surface area contributed by atoms with Crippen LogP contribution in [0.5, 0.6) is 0 Å². The topological polar surface area (TPSA) is 62.8 Å². The summed E-state index contributed by atoms with van der Waals surface area (Å²) in [6.07, 6.45) is 9.27. The molecular weight excluding hydrogens is 218 g/mol. The van der Waals surface area contributed by atoms with E-state index in [0.717, 1.165) is 0 Å². The first kappa shape index (κ1) is 11.6. The van der Waals surface area contributed by atoms with Gasteiger partial charge in [-0.3, -0.25) is 5.41 Å². The summed E-state index contributed by atoms with van der Waals surface area (Å²) in [4.78, 5) is 4.47. The van der Waals surface area contributed by atoms with Crippen LogP contribution in [0.15, 0.2) is 5.38 Å². The molecular formula is C12H19N3S. The van der Waals surface area contributed by atoms with Gasteiger partial charge in [0.05, 0.1) is 5.01 Å². The van der Waals surface area contributed by atoms with E-state index >= 15 is 0 Å². The molecule has 0 aromatic carbocycles. The van der Waals surface area contributed by atoms with Gasteiger partial charge in [0.1, 0.15) is 11.5 Å². The van der Waals surface area contributed by atoms with E-state index in [-0.39, 0.29) is 5.84 Å². The summed E-state index contributed by atoms with van der Waals surface area (Å²) in [5.41, 5.74) is 6.09. The summed E-state index contributed by atoms with van der Waals surface area (Å²) in [5.74, 6) is 0.701. The van der Waals surface area contributed by atoms with Gasteiger partial charge in [-0.05, 0) is 12.8 Å². The number of hydrogen-bond donors (Lipinski definition) is 2. The SMILES string of the molecule is N=C(N)c1csc(C2CCCCCCC2)n1. The molecule has 16 heavy (non-hydrogen) atoms. The number of hydrogen-bond acceptors (Lipinski definition) is 3. The highest BCUT2D eigenvalue weighted by atomic mass is 32.1. The van der Waals surface area contributed by atoms with Crippen LogP contribution in [0.4, 0.5) is 0 Å². The maximum absolute atomic E-state index is 7.36. The van der Waals surface area contributed by atoms with Crippen LogP contribution in [0.25, 0.3) is 0 Å². The quantitative estimate of drug-likeness (QED) is 0.612. The summed E-state index contributed by atoms with van der Waals surface area (Å²) in [7, 11) is 0. The number of nitrogen functional groups attached to an aromatic ring is 1. The van der Waals surface area contributed by atoms with Gasteiger partial charge in [-0.25, -0.2) is 4.98 Å². The predicted molar refractivity (Wildman–Crippen MR) is 68.2 cm³/mol. The lowest BCUT2D eigenvalue weighted by atomic mass is 9.92. The van der Waals surface area contributed by atoms with Crippen molar-refractivity contribution in [1.82, 2.24) is 4.98 Å². The second-order valence-corrected chi connectivity index (χ2v) is 5.42. The predicted octanol–water partition coefficient (Wildman–Crippen LogP) is 3.26. The van der Waals surface area contributed by atoms with E-state index in [9.17, 15) is 0 Å². The molecule has 0 unspecified atom stereocenters. The third-order valence-electron chi connectivity index (χ3n) is 3.25. The average Bonchev–Trinajstić information content (AvgIpc) is 2.66. The van der Waals surface area contributed by atoms with Gasteiger partial charge in [-0.15, -0.1) is 11.3 Å². The molecule has 0 atom stereocenters. The zero-order valence-corrected chi connectivity index (χ0v) is 10.4. The van der Waals surface area contributed by atoms with E-state index in [0.29, 0.717) is 11.6 Å². The molecule has 1 fully saturated rings. The van der Waals surface area contributed by atoms with Gasteiger partial charge in [-0.1, -0.05) is 32.1 Å². The molecule has 4 heteroatoms. The zero-order valence-electron chi connectivity index (χ0n) is 9.54. The lowest BCUT2D eigenvalue weighted by Gasteiger charge is -2.17. The van der Waals surface area contributed by atoms with Gasteiger partial charge in [-0.2, -0.15) is 0 Å². The first-order chi connectivity index (χ1) is 7.77. The van der Waals surface area contributed by atoms with Crippen molar-refractivity contribution in [2.45, 2.75) is 50.9 Å². The number of aromatic nitrogens is 1. The summed E-state index contributed by atoms with van der Waals surface area (Å²) >= 11 is 1.67. The van der Waals surface area contributed by atoms with Crippen molar-refractivity contribution >= 4 is 17.2 Å². The molecule has 1 aromatic rings. The Morgan fingerprint density at radius 1 is 1.25 bits per heavy atom. The van der Waals surface area contributed by atoms with E-state index in [1.807, 2.05) is 5.38 Å². The number of nitrogens with two attached hydrogens (primary N) is 1. The summed E-state index contributed by atoms with van der Waals surface area (Å²) in [6, 6.07) is 0. The maximum Gasteiger partial charge on any atom is 0.142 e. The highest BCUT2D eigenvalue weighted by molar-refractivity contribution is 7.09. The Morgan fingerprint density at radius 3 is 2.44 bits per heavy atom. The van der Waals surface area contributed by atoms with E-state index in [4.69, 9.17) is 11.1 Å². The first-order valence-electron chi connectivity index (χ1n) is 6.07. The lowest BCUT2D eigenvalue weighted by molar-refractivity contribution is 0.454. The van der Waals surface area contributed by atoms with Gasteiger partial charge < -0.3 is 5.73 Å². The van der Waals surface area contributed by atoms with Crippen molar-refractivity contribution in [2.24, 2.45) is 5.73 Å². The van der Waals surface area contributed by atoms with Crippen molar-refractivity contribution in [2.75, 3.05) is 0 Å². The summed E-state index contributed by atoms with van der Waals surface area (Å²) in [5, 5.41) is 10.5. The number of nitrogens with one attached hydrogen (secondary N) is 1. The maximum atomic E-state index is 7.36. The average molecular weight is 237 g/mol. The van der Waals surface area contributed by atoms with E-state index in [1.54, 1.807) is 11.3 Å². The molecule has 0 aliphatic heterocycles. The third-order valence-corrected chi connectivity index (χ3v) is 4.26. The molecule has 1 aliphatic carbocycles. The van der Waals surface area contributed by atoms with Crippen molar-refractivity contribution < 1.29 is 0 Å². The molecule has 1 aromatic heterocycles. The number of thiazole rings is 1. The van der Waals surface area contributed by atoms with Crippen LogP contribution in [0.3, 0.4) is 0 Å². The molecule has 2 rings (SSSR count). The minimum Gasteiger partial charge on any atom is -0.382 e. The Labute approximate surface area is 101 Å². The minimum atomic E-state index is 0.0911. The van der Waals surface area contributed by atoms with Gasteiger partial charge in [0.25, 0.3) is 0 Å². The molecule has 88 valence electrons. The Morgan fingerprint density at radius 2 is 1.88 bits per heavy atom. The molecule has 1 aliphatic rings. The molecule has 0 saturated heterocycles. The standard InChI is InChI=1S/C12H19N3S/c13-11(14)10-8-16-12(15-10)9-6-4-2-1-3-5-7-9/h8-9H,1-7H2,(H3,13,14). The second-order valence-electron chi connectivity index (χ2n) is 4.53. The molecule has 1 heterocycles. The van der Waals surface area contributed by atoms with E-state index < -0.39 is 0 Å². The van der Waals surface area contributed by atoms with Crippen molar-refractivity contribution in [3.8, 4) is 0 Å². The van der Waals surface area contributed by atoms with Crippen LogP contribution in [-0.4, -0.2) is 10.8 Å². The van der Waals surface area contributed by atoms with Crippen LogP contribution in [0.1, 0.15) is 61.6 Å². The molecule has 1 saturated carbocycles.